The zero-order valence-electron chi connectivity index (χ0n) is 10.8. The summed E-state index contributed by atoms with van der Waals surface area (Å²) in [6.07, 6.45) is 6.73. The van der Waals surface area contributed by atoms with Crippen LogP contribution in [0.1, 0.15) is 19.3 Å². The first kappa shape index (κ1) is 11.2. The zero-order chi connectivity index (χ0) is 13.1. The Morgan fingerprint density at radius 3 is 3.00 bits per heavy atom. The lowest BCUT2D eigenvalue weighted by atomic mass is 9.86. The van der Waals surface area contributed by atoms with Crippen molar-refractivity contribution in [2.45, 2.75) is 31.3 Å². The molecule has 0 aromatic heterocycles. The molecule has 5 atom stereocenters. The van der Waals surface area contributed by atoms with Crippen LogP contribution in [0.5, 0.6) is 0 Å². The van der Waals surface area contributed by atoms with Gasteiger partial charge in [-0.3, -0.25) is 14.7 Å². The molecule has 2 heterocycles. The number of carbonyl (C=O) groups is 2. The molecule has 0 aromatic rings. The van der Waals surface area contributed by atoms with Crippen molar-refractivity contribution in [2.75, 3.05) is 7.11 Å². The summed E-state index contributed by atoms with van der Waals surface area (Å²) in [6.45, 7) is 0. The number of ether oxygens (including phenoxy) is 1. The molecule has 0 unspecified atom stereocenters. The first-order chi connectivity index (χ1) is 9.20. The van der Waals surface area contributed by atoms with Crippen molar-refractivity contribution in [1.82, 2.24) is 4.90 Å². The van der Waals surface area contributed by atoms with Crippen molar-refractivity contribution in [3.8, 4) is 0 Å². The van der Waals surface area contributed by atoms with Crippen molar-refractivity contribution < 1.29 is 14.3 Å². The van der Waals surface area contributed by atoms with Gasteiger partial charge in [0.15, 0.2) is 0 Å². The molecule has 19 heavy (non-hydrogen) atoms. The van der Waals surface area contributed by atoms with Crippen LogP contribution in [0.15, 0.2) is 17.1 Å². The molecular formula is C14H16N2O3. The Bertz CT molecular complexity index is 525. The zero-order valence-corrected chi connectivity index (χ0v) is 10.8. The van der Waals surface area contributed by atoms with Crippen molar-refractivity contribution in [3.05, 3.63) is 12.2 Å². The second-order valence-corrected chi connectivity index (χ2v) is 5.80. The molecule has 2 aliphatic heterocycles. The van der Waals surface area contributed by atoms with Crippen LogP contribution in [0.2, 0.25) is 0 Å². The summed E-state index contributed by atoms with van der Waals surface area (Å²) in [5.74, 6) is 1.24. The molecule has 1 amide bonds. The summed E-state index contributed by atoms with van der Waals surface area (Å²) in [6, 6.07) is -0.342. The van der Waals surface area contributed by atoms with E-state index in [1.807, 2.05) is 0 Å². The Labute approximate surface area is 111 Å². The quantitative estimate of drug-likeness (QED) is 0.516. The summed E-state index contributed by atoms with van der Waals surface area (Å²) in [7, 11) is 1.37. The highest BCUT2D eigenvalue weighted by Crippen LogP contribution is 2.49. The molecule has 2 fully saturated rings. The first-order valence-corrected chi connectivity index (χ1v) is 6.86. The van der Waals surface area contributed by atoms with Gasteiger partial charge in [0.05, 0.1) is 19.1 Å². The Morgan fingerprint density at radius 1 is 1.42 bits per heavy atom. The van der Waals surface area contributed by atoms with Crippen molar-refractivity contribution >= 4 is 17.7 Å². The number of aliphatic imine (C=N–C) groups is 1. The average Bonchev–Trinajstić information content (AvgIpc) is 3.11. The molecule has 0 radical (unpaired) electrons. The molecule has 4 rings (SSSR count). The van der Waals surface area contributed by atoms with E-state index in [4.69, 9.17) is 9.73 Å². The Balaban J connectivity index is 1.72. The van der Waals surface area contributed by atoms with E-state index in [9.17, 15) is 9.59 Å². The summed E-state index contributed by atoms with van der Waals surface area (Å²) >= 11 is 0. The minimum Gasteiger partial charge on any atom is -0.467 e. The van der Waals surface area contributed by atoms with Crippen molar-refractivity contribution in [3.63, 3.8) is 0 Å². The number of amidine groups is 1. The van der Waals surface area contributed by atoms with E-state index in [1.54, 1.807) is 4.90 Å². The number of hydrogen-bond acceptors (Lipinski definition) is 4. The van der Waals surface area contributed by atoms with Gasteiger partial charge in [0.1, 0.15) is 11.9 Å². The van der Waals surface area contributed by atoms with Gasteiger partial charge in [0.25, 0.3) is 0 Å². The molecule has 5 heteroatoms. The number of esters is 1. The maximum absolute atomic E-state index is 12.7. The second-order valence-electron chi connectivity index (χ2n) is 5.80. The number of amides is 1. The number of allylic oxidation sites excluding steroid dienone is 1. The van der Waals surface area contributed by atoms with E-state index in [-0.39, 0.29) is 23.8 Å². The molecule has 0 N–H and O–H groups in total. The van der Waals surface area contributed by atoms with Crippen LogP contribution in [-0.2, 0) is 14.3 Å². The predicted molar refractivity (Wildman–Crippen MR) is 67.3 cm³/mol. The lowest BCUT2D eigenvalue weighted by molar-refractivity contribution is -0.150. The average molecular weight is 260 g/mol. The highest BCUT2D eigenvalue weighted by molar-refractivity contribution is 6.07. The van der Waals surface area contributed by atoms with Gasteiger partial charge in [-0.1, -0.05) is 12.2 Å². The molecule has 4 aliphatic rings. The number of carbonyl (C=O) groups excluding carboxylic acids is 2. The highest BCUT2D eigenvalue weighted by Gasteiger charge is 2.55. The van der Waals surface area contributed by atoms with Gasteiger partial charge in [0, 0.05) is 12.3 Å². The summed E-state index contributed by atoms with van der Waals surface area (Å²) in [4.78, 5) is 30.9. The SMILES string of the molecule is COC(=O)[C@@H]1CCC2=N[C@@H]3[C@@H](C(=O)N21)[C@H]1C=C[C@H]3C1. The van der Waals surface area contributed by atoms with Gasteiger partial charge in [-0.05, 0) is 18.8 Å². The molecule has 2 aliphatic carbocycles. The molecule has 1 saturated heterocycles. The Hall–Kier alpha value is -1.65. The lowest BCUT2D eigenvalue weighted by Gasteiger charge is -2.35. The van der Waals surface area contributed by atoms with E-state index in [0.717, 1.165) is 12.3 Å². The summed E-state index contributed by atoms with van der Waals surface area (Å²) < 4.78 is 4.80. The minimum absolute atomic E-state index is 0.0518. The minimum atomic E-state index is -0.458. The standard InChI is InChI=1S/C14H16N2O3/c1-19-14(18)9-4-5-10-15-12-8-3-2-7(6-8)11(12)13(17)16(9)10/h2-3,7-9,11-12H,4-6H2,1H3/t7-,8-,9-,11-,12-/m0/s1. The van der Waals surface area contributed by atoms with Crippen LogP contribution < -0.4 is 0 Å². The van der Waals surface area contributed by atoms with Crippen molar-refractivity contribution in [2.24, 2.45) is 22.7 Å². The third-order valence-corrected chi connectivity index (χ3v) is 4.94. The molecular weight excluding hydrogens is 244 g/mol. The van der Waals surface area contributed by atoms with Gasteiger partial charge >= 0.3 is 5.97 Å². The fourth-order valence-electron chi connectivity index (χ4n) is 4.10. The van der Waals surface area contributed by atoms with Gasteiger partial charge in [0.2, 0.25) is 5.91 Å². The number of methoxy groups -OCH3 is 1. The van der Waals surface area contributed by atoms with Gasteiger partial charge in [-0.15, -0.1) is 0 Å². The predicted octanol–water partition coefficient (Wildman–Crippen LogP) is 0.753. The molecule has 0 spiro atoms. The van der Waals surface area contributed by atoms with E-state index in [1.165, 1.54) is 7.11 Å². The molecule has 5 nitrogen and oxygen atoms in total. The van der Waals surface area contributed by atoms with E-state index in [2.05, 4.69) is 12.2 Å². The fraction of sp³-hybridized carbons (Fsp3) is 0.643. The molecule has 0 aromatic carbocycles. The number of hydrogen-bond donors (Lipinski definition) is 0. The lowest BCUT2D eigenvalue weighted by Crippen LogP contribution is -2.52. The van der Waals surface area contributed by atoms with Crippen molar-refractivity contribution in [1.29, 1.82) is 0 Å². The summed E-state index contributed by atoms with van der Waals surface area (Å²) in [5.41, 5.74) is 0. The second kappa shape index (κ2) is 3.68. The highest BCUT2D eigenvalue weighted by atomic mass is 16.5. The third kappa shape index (κ3) is 1.33. The van der Waals surface area contributed by atoms with E-state index >= 15 is 0 Å². The number of nitrogens with zero attached hydrogens (tertiary/aromatic N) is 2. The van der Waals surface area contributed by atoms with Crippen LogP contribution in [0.4, 0.5) is 0 Å². The fourth-order valence-corrected chi connectivity index (χ4v) is 4.10. The summed E-state index contributed by atoms with van der Waals surface area (Å²) in [5, 5.41) is 0. The van der Waals surface area contributed by atoms with Crippen LogP contribution in [0.25, 0.3) is 0 Å². The largest absolute Gasteiger partial charge is 0.467 e. The molecule has 1 saturated carbocycles. The van der Waals surface area contributed by atoms with E-state index in [0.29, 0.717) is 24.7 Å². The molecule has 2 bridgehead atoms. The maximum atomic E-state index is 12.7. The topological polar surface area (TPSA) is 59.0 Å². The van der Waals surface area contributed by atoms with Gasteiger partial charge < -0.3 is 4.74 Å². The Kier molecular flexibility index (Phi) is 2.17. The normalized spacial score (nSPS) is 42.2. The van der Waals surface area contributed by atoms with Gasteiger partial charge in [-0.2, -0.15) is 0 Å². The first-order valence-electron chi connectivity index (χ1n) is 6.86. The smallest absolute Gasteiger partial charge is 0.329 e. The van der Waals surface area contributed by atoms with Crippen LogP contribution in [-0.4, -0.2) is 41.8 Å². The number of rotatable bonds is 1. The monoisotopic (exact) mass is 260 g/mol. The Morgan fingerprint density at radius 2 is 2.21 bits per heavy atom. The molecule has 100 valence electrons. The van der Waals surface area contributed by atoms with Crippen LogP contribution in [0.3, 0.4) is 0 Å². The number of fused-ring (bicyclic) bond motifs is 6. The van der Waals surface area contributed by atoms with Gasteiger partial charge in [-0.25, -0.2) is 4.79 Å². The van der Waals surface area contributed by atoms with Crippen LogP contribution in [0, 0.1) is 17.8 Å². The third-order valence-electron chi connectivity index (χ3n) is 4.94. The van der Waals surface area contributed by atoms with Crippen LogP contribution >= 0.6 is 0 Å². The maximum Gasteiger partial charge on any atom is 0.329 e. The van der Waals surface area contributed by atoms with E-state index < -0.39 is 6.04 Å².